The number of para-hydroxylation sites is 1. The lowest BCUT2D eigenvalue weighted by atomic mass is 9.98. The maximum absolute atomic E-state index is 13.1. The highest BCUT2D eigenvalue weighted by Crippen LogP contribution is 2.32. The number of hydrogen-bond donors (Lipinski definition) is 5. The molecule has 1 aromatic heterocycles. The molecule has 176 valence electrons. The van der Waals surface area contributed by atoms with Gasteiger partial charge in [0, 0.05) is 12.1 Å². The van der Waals surface area contributed by atoms with Gasteiger partial charge in [0.2, 0.25) is 17.7 Å². The van der Waals surface area contributed by atoms with Gasteiger partial charge in [-0.3, -0.25) is 19.3 Å². The number of rotatable bonds is 9. The lowest BCUT2D eigenvalue weighted by Gasteiger charge is -2.26. The van der Waals surface area contributed by atoms with Crippen LogP contribution in [0.15, 0.2) is 24.3 Å². The van der Waals surface area contributed by atoms with Gasteiger partial charge in [-0.05, 0) is 17.5 Å². The molecule has 1 aliphatic rings. The standard InChI is InChI=1S/C20H26N8O5/c1-3-11(2)17(23-20(32)33)19(31)22-10-16(29)28-13-7-5-4-6-12(13)8-14(28)18(30)21-9-15-24-26-27-25-15/h4-7,11,14,17,23H,3,8-10H2,1-2H3,(H,21,30)(H,22,31)(H,32,33)(H,24,25,26,27)/t11-,14-,17-/m0/s1. The SMILES string of the molecule is CC[C@H](C)[C@H](NC(=O)O)C(=O)NCC(=O)N1c2ccccc2C[C@H]1C(=O)NCc1nn[nH]n1. The van der Waals surface area contributed by atoms with E-state index in [1.165, 1.54) is 4.90 Å². The maximum atomic E-state index is 13.1. The van der Waals surface area contributed by atoms with Crippen LogP contribution in [0.3, 0.4) is 0 Å². The minimum atomic E-state index is -1.33. The van der Waals surface area contributed by atoms with Gasteiger partial charge in [-0.2, -0.15) is 5.21 Å². The van der Waals surface area contributed by atoms with Crippen LogP contribution in [0, 0.1) is 5.92 Å². The van der Waals surface area contributed by atoms with Crippen molar-refractivity contribution in [1.82, 2.24) is 36.6 Å². The fraction of sp³-hybridized carbons (Fsp3) is 0.450. The molecule has 1 aromatic carbocycles. The molecule has 13 heteroatoms. The molecule has 0 fully saturated rings. The first-order chi connectivity index (χ1) is 15.8. The molecule has 4 amide bonds. The Hall–Kier alpha value is -4.03. The van der Waals surface area contributed by atoms with Gasteiger partial charge in [0.25, 0.3) is 0 Å². The number of carbonyl (C=O) groups excluding carboxylic acids is 3. The minimum absolute atomic E-state index is 0.0401. The first kappa shape index (κ1) is 23.6. The van der Waals surface area contributed by atoms with Gasteiger partial charge in [-0.25, -0.2) is 4.79 Å². The quantitative estimate of drug-likeness (QED) is 0.335. The second-order valence-electron chi connectivity index (χ2n) is 7.69. The molecule has 1 aliphatic heterocycles. The number of aromatic amines is 1. The molecule has 5 N–H and O–H groups in total. The average molecular weight is 458 g/mol. The van der Waals surface area contributed by atoms with E-state index in [4.69, 9.17) is 5.11 Å². The van der Waals surface area contributed by atoms with E-state index in [1.807, 2.05) is 19.1 Å². The molecule has 0 radical (unpaired) electrons. The van der Waals surface area contributed by atoms with E-state index in [0.29, 0.717) is 24.4 Å². The summed E-state index contributed by atoms with van der Waals surface area (Å²) in [5.74, 6) is -1.48. The van der Waals surface area contributed by atoms with Crippen molar-refractivity contribution >= 4 is 29.5 Å². The summed E-state index contributed by atoms with van der Waals surface area (Å²) in [5, 5.41) is 29.7. The van der Waals surface area contributed by atoms with E-state index in [9.17, 15) is 19.2 Å². The predicted molar refractivity (Wildman–Crippen MR) is 115 cm³/mol. The number of benzene rings is 1. The van der Waals surface area contributed by atoms with Crippen molar-refractivity contribution in [1.29, 1.82) is 0 Å². The number of nitrogens with zero attached hydrogens (tertiary/aromatic N) is 4. The third-order valence-corrected chi connectivity index (χ3v) is 5.55. The van der Waals surface area contributed by atoms with E-state index >= 15 is 0 Å². The lowest BCUT2D eigenvalue weighted by molar-refractivity contribution is -0.128. The van der Waals surface area contributed by atoms with E-state index in [1.54, 1.807) is 19.1 Å². The van der Waals surface area contributed by atoms with Gasteiger partial charge >= 0.3 is 6.09 Å². The summed E-state index contributed by atoms with van der Waals surface area (Å²) in [7, 11) is 0. The van der Waals surface area contributed by atoms with Crippen LogP contribution < -0.4 is 20.9 Å². The second kappa shape index (κ2) is 10.5. The molecule has 0 saturated heterocycles. The number of carbonyl (C=O) groups is 4. The largest absolute Gasteiger partial charge is 0.465 e. The molecular weight excluding hydrogens is 432 g/mol. The highest BCUT2D eigenvalue weighted by Gasteiger charge is 2.38. The topological polar surface area (TPSA) is 182 Å². The van der Waals surface area contributed by atoms with Crippen LogP contribution >= 0.6 is 0 Å². The predicted octanol–water partition coefficient (Wildman–Crippen LogP) is -0.428. The number of anilines is 1. The number of aromatic nitrogens is 4. The Balaban J connectivity index is 1.70. The fourth-order valence-corrected chi connectivity index (χ4v) is 3.64. The normalized spacial score (nSPS) is 16.4. The zero-order valence-electron chi connectivity index (χ0n) is 18.2. The molecule has 2 heterocycles. The Morgan fingerprint density at radius 2 is 2.00 bits per heavy atom. The van der Waals surface area contributed by atoms with Crippen molar-refractivity contribution in [3.8, 4) is 0 Å². The van der Waals surface area contributed by atoms with Crippen LogP contribution in [-0.2, 0) is 27.3 Å². The Morgan fingerprint density at radius 1 is 1.24 bits per heavy atom. The molecule has 33 heavy (non-hydrogen) atoms. The summed E-state index contributed by atoms with van der Waals surface area (Å²) in [6.45, 7) is 3.22. The number of amides is 4. The maximum Gasteiger partial charge on any atom is 0.405 e. The molecule has 3 rings (SSSR count). The average Bonchev–Trinajstić information content (AvgIpc) is 3.46. The molecule has 0 unspecified atom stereocenters. The lowest BCUT2D eigenvalue weighted by Crippen LogP contribution is -2.54. The Bertz CT molecular complexity index is 1010. The third kappa shape index (κ3) is 5.61. The van der Waals surface area contributed by atoms with Gasteiger partial charge < -0.3 is 21.1 Å². The smallest absolute Gasteiger partial charge is 0.405 e. The van der Waals surface area contributed by atoms with Gasteiger partial charge in [-0.1, -0.05) is 43.7 Å². The summed E-state index contributed by atoms with van der Waals surface area (Å²) in [4.78, 5) is 51.0. The molecule has 2 aromatic rings. The zero-order valence-corrected chi connectivity index (χ0v) is 18.2. The summed E-state index contributed by atoms with van der Waals surface area (Å²) in [6.07, 6.45) is -0.452. The number of H-pyrrole nitrogens is 1. The number of carboxylic acid groups (broad SMARTS) is 1. The summed E-state index contributed by atoms with van der Waals surface area (Å²) in [6, 6.07) is 5.32. The van der Waals surface area contributed by atoms with Crippen molar-refractivity contribution in [3.63, 3.8) is 0 Å². The number of hydrogen-bond acceptors (Lipinski definition) is 7. The monoisotopic (exact) mass is 458 g/mol. The third-order valence-electron chi connectivity index (χ3n) is 5.55. The van der Waals surface area contributed by atoms with Crippen molar-refractivity contribution in [2.45, 2.75) is 45.3 Å². The van der Waals surface area contributed by atoms with Gasteiger partial charge in [0.1, 0.15) is 12.1 Å². The van der Waals surface area contributed by atoms with Crippen molar-refractivity contribution < 1.29 is 24.3 Å². The van der Waals surface area contributed by atoms with E-state index in [2.05, 4.69) is 36.6 Å². The van der Waals surface area contributed by atoms with Crippen molar-refractivity contribution in [2.75, 3.05) is 11.4 Å². The minimum Gasteiger partial charge on any atom is -0.465 e. The number of fused-ring (bicyclic) bond motifs is 1. The molecule has 0 bridgehead atoms. The van der Waals surface area contributed by atoms with Crippen LogP contribution in [0.5, 0.6) is 0 Å². The van der Waals surface area contributed by atoms with Crippen molar-refractivity contribution in [2.24, 2.45) is 5.92 Å². The Morgan fingerprint density at radius 3 is 2.67 bits per heavy atom. The van der Waals surface area contributed by atoms with Crippen molar-refractivity contribution in [3.05, 3.63) is 35.7 Å². The van der Waals surface area contributed by atoms with Gasteiger partial charge in [0.15, 0.2) is 5.82 Å². The second-order valence-corrected chi connectivity index (χ2v) is 7.69. The molecular formula is C20H26N8O5. The first-order valence-electron chi connectivity index (χ1n) is 10.5. The summed E-state index contributed by atoms with van der Waals surface area (Å²) < 4.78 is 0. The van der Waals surface area contributed by atoms with E-state index in [-0.39, 0.29) is 12.5 Å². The Kier molecular flexibility index (Phi) is 7.53. The molecule has 13 nitrogen and oxygen atoms in total. The molecule has 0 saturated carbocycles. The summed E-state index contributed by atoms with van der Waals surface area (Å²) in [5.41, 5.74) is 1.40. The number of nitrogens with one attached hydrogen (secondary N) is 4. The Labute approximate surface area is 189 Å². The zero-order chi connectivity index (χ0) is 24.0. The number of tetrazole rings is 1. The van der Waals surface area contributed by atoms with E-state index < -0.39 is 42.4 Å². The highest BCUT2D eigenvalue weighted by atomic mass is 16.4. The highest BCUT2D eigenvalue weighted by molar-refractivity contribution is 6.05. The molecule has 0 spiro atoms. The van der Waals surface area contributed by atoms with Gasteiger partial charge in [0.05, 0.1) is 13.1 Å². The van der Waals surface area contributed by atoms with Gasteiger partial charge in [-0.15, -0.1) is 10.2 Å². The molecule has 3 atom stereocenters. The van der Waals surface area contributed by atoms with Crippen LogP contribution in [0.1, 0.15) is 31.7 Å². The van der Waals surface area contributed by atoms with E-state index in [0.717, 1.165) is 5.56 Å². The van der Waals surface area contributed by atoms with Crippen LogP contribution in [0.4, 0.5) is 10.5 Å². The summed E-state index contributed by atoms with van der Waals surface area (Å²) >= 11 is 0. The van der Waals surface area contributed by atoms with Crippen LogP contribution in [0.2, 0.25) is 0 Å². The van der Waals surface area contributed by atoms with Crippen LogP contribution in [-0.4, -0.2) is 68.2 Å². The molecule has 0 aliphatic carbocycles. The van der Waals surface area contributed by atoms with Crippen LogP contribution in [0.25, 0.3) is 0 Å². The first-order valence-corrected chi connectivity index (χ1v) is 10.5. The fourth-order valence-electron chi connectivity index (χ4n) is 3.64.